The lowest BCUT2D eigenvalue weighted by Gasteiger charge is -2.19. The van der Waals surface area contributed by atoms with Crippen LogP contribution in [0.15, 0.2) is 0 Å². The topological polar surface area (TPSA) is 32.3 Å². The second-order valence-corrected chi connectivity index (χ2v) is 3.80. The average Bonchev–Trinajstić information content (AvgIpc) is 2.53. The smallest absolute Gasteiger partial charge is 0.345 e. The lowest BCUT2D eigenvalue weighted by atomic mass is 10.2. The third-order valence-electron chi connectivity index (χ3n) is 2.69. The van der Waals surface area contributed by atoms with Crippen LogP contribution in [0.3, 0.4) is 0 Å². The summed E-state index contributed by atoms with van der Waals surface area (Å²) in [5, 5.41) is 0. The van der Waals surface area contributed by atoms with Crippen molar-refractivity contribution in [3.63, 3.8) is 0 Å². The SMILES string of the molecule is CN(C(N)=[N+](C)C)C1CCCC1.[I-]. The van der Waals surface area contributed by atoms with E-state index in [9.17, 15) is 0 Å². The summed E-state index contributed by atoms with van der Waals surface area (Å²) in [6.45, 7) is 0. The quantitative estimate of drug-likeness (QED) is 0.250. The number of nitrogens with two attached hydrogens (primary N) is 1. The van der Waals surface area contributed by atoms with Gasteiger partial charge in [-0.05, 0) is 25.7 Å². The third kappa shape index (κ3) is 3.32. The van der Waals surface area contributed by atoms with E-state index in [-0.39, 0.29) is 24.0 Å². The first-order valence-electron chi connectivity index (χ1n) is 4.65. The molecular weight excluding hydrogens is 277 g/mol. The van der Waals surface area contributed by atoms with E-state index in [1.54, 1.807) is 0 Å². The molecule has 0 unspecified atom stereocenters. The van der Waals surface area contributed by atoms with Crippen molar-refractivity contribution in [1.29, 1.82) is 0 Å². The van der Waals surface area contributed by atoms with Crippen LogP contribution in [0, 0.1) is 0 Å². The van der Waals surface area contributed by atoms with E-state index in [4.69, 9.17) is 5.73 Å². The van der Waals surface area contributed by atoms with Gasteiger partial charge in [-0.1, -0.05) is 0 Å². The fraction of sp³-hybridized carbons (Fsp3) is 0.889. The van der Waals surface area contributed by atoms with Gasteiger partial charge in [-0.2, -0.15) is 0 Å². The van der Waals surface area contributed by atoms with E-state index in [2.05, 4.69) is 11.9 Å². The lowest BCUT2D eigenvalue weighted by molar-refractivity contribution is -0.471. The Morgan fingerprint density at radius 1 is 1.31 bits per heavy atom. The van der Waals surface area contributed by atoms with Crippen LogP contribution in [-0.4, -0.2) is 42.6 Å². The summed E-state index contributed by atoms with van der Waals surface area (Å²) in [4.78, 5) is 2.20. The largest absolute Gasteiger partial charge is 1.00 e. The summed E-state index contributed by atoms with van der Waals surface area (Å²) in [6, 6.07) is 0.674. The monoisotopic (exact) mass is 297 g/mol. The summed E-state index contributed by atoms with van der Waals surface area (Å²) in [5.74, 6) is 0.877. The van der Waals surface area contributed by atoms with Gasteiger partial charge in [-0.3, -0.25) is 15.2 Å². The molecular formula is C9H20IN3. The first kappa shape index (κ1) is 13.0. The second-order valence-electron chi connectivity index (χ2n) is 3.80. The maximum absolute atomic E-state index is 5.91. The second kappa shape index (κ2) is 5.67. The van der Waals surface area contributed by atoms with Gasteiger partial charge in [0.2, 0.25) is 0 Å². The molecule has 0 atom stereocenters. The van der Waals surface area contributed by atoms with Gasteiger partial charge < -0.3 is 24.0 Å². The highest BCUT2D eigenvalue weighted by Gasteiger charge is 2.25. The maximum atomic E-state index is 5.91. The molecule has 3 nitrogen and oxygen atoms in total. The van der Waals surface area contributed by atoms with Gasteiger partial charge in [0.05, 0.1) is 27.2 Å². The summed E-state index contributed by atoms with van der Waals surface area (Å²) in [5.41, 5.74) is 5.91. The molecule has 0 radical (unpaired) electrons. The van der Waals surface area contributed by atoms with Gasteiger partial charge >= 0.3 is 5.96 Å². The molecule has 1 saturated carbocycles. The van der Waals surface area contributed by atoms with E-state index >= 15 is 0 Å². The molecule has 0 spiro atoms. The van der Waals surface area contributed by atoms with Crippen molar-refractivity contribution in [2.45, 2.75) is 31.7 Å². The van der Waals surface area contributed by atoms with Crippen LogP contribution in [0.4, 0.5) is 0 Å². The number of guanidine groups is 1. The van der Waals surface area contributed by atoms with Gasteiger partial charge in [0.1, 0.15) is 0 Å². The first-order chi connectivity index (χ1) is 5.63. The van der Waals surface area contributed by atoms with Gasteiger partial charge in [0, 0.05) is 0 Å². The maximum Gasteiger partial charge on any atom is 0.345 e. The Labute approximate surface area is 98.0 Å². The fourth-order valence-corrected chi connectivity index (χ4v) is 1.79. The third-order valence-corrected chi connectivity index (χ3v) is 2.69. The molecule has 0 saturated heterocycles. The zero-order valence-corrected chi connectivity index (χ0v) is 10.9. The van der Waals surface area contributed by atoms with Crippen molar-refractivity contribution in [2.24, 2.45) is 5.73 Å². The van der Waals surface area contributed by atoms with Crippen LogP contribution in [-0.2, 0) is 0 Å². The molecule has 0 aromatic carbocycles. The summed E-state index contributed by atoms with van der Waals surface area (Å²) >= 11 is 0. The van der Waals surface area contributed by atoms with Crippen LogP contribution < -0.4 is 29.7 Å². The fourth-order valence-electron chi connectivity index (χ4n) is 1.79. The molecule has 0 bridgehead atoms. The molecule has 0 aliphatic heterocycles. The highest BCUT2D eigenvalue weighted by Crippen LogP contribution is 2.21. The predicted molar refractivity (Wildman–Crippen MR) is 51.3 cm³/mol. The number of hydrogen-bond donors (Lipinski definition) is 1. The zero-order chi connectivity index (χ0) is 9.14. The predicted octanol–water partition coefficient (Wildman–Crippen LogP) is -2.55. The molecule has 4 heteroatoms. The molecule has 0 amide bonds. The minimum atomic E-state index is 0. The van der Waals surface area contributed by atoms with Crippen molar-refractivity contribution in [3.8, 4) is 0 Å². The highest BCUT2D eigenvalue weighted by molar-refractivity contribution is 5.72. The minimum Gasteiger partial charge on any atom is -1.00 e. The zero-order valence-electron chi connectivity index (χ0n) is 8.76. The van der Waals surface area contributed by atoms with Crippen LogP contribution in [0.5, 0.6) is 0 Å². The Bertz CT molecular complexity index is 181. The Balaban J connectivity index is 0.00000144. The molecule has 0 aromatic rings. The Morgan fingerprint density at radius 3 is 2.15 bits per heavy atom. The highest BCUT2D eigenvalue weighted by atomic mass is 127. The molecule has 1 aliphatic rings. The number of nitrogens with zero attached hydrogens (tertiary/aromatic N) is 2. The molecule has 1 fully saturated rings. The Morgan fingerprint density at radius 2 is 1.77 bits per heavy atom. The van der Waals surface area contributed by atoms with Crippen LogP contribution in [0.1, 0.15) is 25.7 Å². The molecule has 0 heterocycles. The van der Waals surface area contributed by atoms with Gasteiger partial charge in [0.15, 0.2) is 0 Å². The van der Waals surface area contributed by atoms with Gasteiger partial charge in [-0.15, -0.1) is 0 Å². The van der Waals surface area contributed by atoms with Crippen molar-refractivity contribution in [1.82, 2.24) is 4.90 Å². The molecule has 1 aliphatic carbocycles. The van der Waals surface area contributed by atoms with E-state index < -0.39 is 0 Å². The van der Waals surface area contributed by atoms with Crippen LogP contribution in [0.2, 0.25) is 0 Å². The molecule has 2 N–H and O–H groups in total. The minimum absolute atomic E-state index is 0. The molecule has 0 aromatic heterocycles. The Hall–Kier alpha value is 0. The lowest BCUT2D eigenvalue weighted by Crippen LogP contribution is -3.00. The first-order valence-corrected chi connectivity index (χ1v) is 4.65. The summed E-state index contributed by atoms with van der Waals surface area (Å²) in [6.07, 6.45) is 5.31. The number of halogens is 1. The van der Waals surface area contributed by atoms with E-state index in [1.807, 2.05) is 18.7 Å². The number of rotatable bonds is 1. The van der Waals surface area contributed by atoms with Crippen molar-refractivity contribution in [3.05, 3.63) is 0 Å². The molecule has 13 heavy (non-hydrogen) atoms. The Kier molecular flexibility index (Phi) is 5.67. The summed E-state index contributed by atoms with van der Waals surface area (Å²) < 4.78 is 1.97. The molecule has 1 rings (SSSR count). The van der Waals surface area contributed by atoms with E-state index in [0.717, 1.165) is 5.96 Å². The van der Waals surface area contributed by atoms with Crippen LogP contribution in [0.25, 0.3) is 0 Å². The van der Waals surface area contributed by atoms with E-state index in [0.29, 0.717) is 6.04 Å². The van der Waals surface area contributed by atoms with E-state index in [1.165, 1.54) is 25.7 Å². The van der Waals surface area contributed by atoms with Gasteiger partial charge in [-0.25, -0.2) is 0 Å². The van der Waals surface area contributed by atoms with Crippen molar-refractivity contribution < 1.29 is 28.6 Å². The van der Waals surface area contributed by atoms with Gasteiger partial charge in [0.25, 0.3) is 0 Å². The molecule has 78 valence electrons. The number of hydrogen-bond acceptors (Lipinski definition) is 0. The van der Waals surface area contributed by atoms with Crippen molar-refractivity contribution in [2.75, 3.05) is 21.1 Å². The standard InChI is InChI=1S/C9H19N3.HI/c1-11(2)9(10)12(3)8-6-4-5-7-8;/h8,10H,4-7H2,1-3H3;1H. The average molecular weight is 297 g/mol. The van der Waals surface area contributed by atoms with Crippen LogP contribution >= 0.6 is 0 Å². The van der Waals surface area contributed by atoms with Crippen molar-refractivity contribution >= 4 is 5.96 Å². The summed E-state index contributed by atoms with van der Waals surface area (Å²) in [7, 11) is 6.06. The normalized spacial score (nSPS) is 16.5.